The molecule has 0 unspecified atom stereocenters. The SMILES string of the molecule is COCCn1nc(CNC(=O)c2sc(C)nc2C)c2ccccc2c1=O. The quantitative estimate of drug-likeness (QED) is 0.716. The third-order valence-electron chi connectivity index (χ3n) is 3.98. The molecule has 0 spiro atoms. The second-order valence-corrected chi connectivity index (χ2v) is 7.05. The summed E-state index contributed by atoms with van der Waals surface area (Å²) in [6, 6.07) is 7.28. The van der Waals surface area contributed by atoms with Gasteiger partial charge in [-0.25, -0.2) is 9.67 Å². The first kappa shape index (κ1) is 18.2. The molecular weight excluding hydrogens is 352 g/mol. The predicted molar refractivity (Wildman–Crippen MR) is 101 cm³/mol. The summed E-state index contributed by atoms with van der Waals surface area (Å²) >= 11 is 1.36. The van der Waals surface area contributed by atoms with Gasteiger partial charge in [-0.15, -0.1) is 11.3 Å². The van der Waals surface area contributed by atoms with Crippen molar-refractivity contribution in [2.45, 2.75) is 26.9 Å². The molecule has 1 amide bonds. The normalized spacial score (nSPS) is 11.0. The van der Waals surface area contributed by atoms with Crippen LogP contribution in [0.25, 0.3) is 10.8 Å². The van der Waals surface area contributed by atoms with Crippen LogP contribution in [-0.2, 0) is 17.8 Å². The number of benzene rings is 1. The van der Waals surface area contributed by atoms with Gasteiger partial charge in [-0.3, -0.25) is 9.59 Å². The minimum absolute atomic E-state index is 0.165. The van der Waals surface area contributed by atoms with Crippen molar-refractivity contribution in [3.8, 4) is 0 Å². The number of rotatable bonds is 6. The summed E-state index contributed by atoms with van der Waals surface area (Å²) in [6.07, 6.45) is 0. The van der Waals surface area contributed by atoms with Gasteiger partial charge in [0.05, 0.1) is 41.5 Å². The van der Waals surface area contributed by atoms with E-state index >= 15 is 0 Å². The van der Waals surface area contributed by atoms with E-state index in [1.807, 2.05) is 32.0 Å². The third-order valence-corrected chi connectivity index (χ3v) is 5.05. The highest BCUT2D eigenvalue weighted by Crippen LogP contribution is 2.18. The lowest BCUT2D eigenvalue weighted by Gasteiger charge is -2.11. The smallest absolute Gasteiger partial charge is 0.274 e. The van der Waals surface area contributed by atoms with Gasteiger partial charge in [0.15, 0.2) is 0 Å². The summed E-state index contributed by atoms with van der Waals surface area (Å²) in [5, 5.41) is 9.48. The Morgan fingerprint density at radius 2 is 2.00 bits per heavy atom. The highest BCUT2D eigenvalue weighted by atomic mass is 32.1. The van der Waals surface area contributed by atoms with Crippen LogP contribution in [0.2, 0.25) is 0 Å². The molecule has 1 aromatic carbocycles. The summed E-state index contributed by atoms with van der Waals surface area (Å²) in [5.41, 5.74) is 1.19. The van der Waals surface area contributed by atoms with Crippen molar-refractivity contribution in [1.82, 2.24) is 20.1 Å². The Bertz CT molecular complexity index is 1010. The number of thiazole rings is 1. The fourth-order valence-electron chi connectivity index (χ4n) is 2.75. The van der Waals surface area contributed by atoms with Crippen molar-refractivity contribution < 1.29 is 9.53 Å². The molecule has 0 bridgehead atoms. The third kappa shape index (κ3) is 3.66. The second-order valence-electron chi connectivity index (χ2n) is 5.84. The van der Waals surface area contributed by atoms with Crippen LogP contribution in [0, 0.1) is 13.8 Å². The van der Waals surface area contributed by atoms with Crippen molar-refractivity contribution >= 4 is 28.0 Å². The van der Waals surface area contributed by atoms with Crippen LogP contribution in [0.4, 0.5) is 0 Å². The summed E-state index contributed by atoms with van der Waals surface area (Å²) in [6.45, 7) is 4.65. The van der Waals surface area contributed by atoms with Crippen LogP contribution >= 0.6 is 11.3 Å². The molecule has 2 heterocycles. The number of ether oxygens (including phenoxy) is 1. The number of aryl methyl sites for hydroxylation is 2. The first-order chi connectivity index (χ1) is 12.5. The predicted octanol–water partition coefficient (Wildman–Crippen LogP) is 2.05. The summed E-state index contributed by atoms with van der Waals surface area (Å²) < 4.78 is 6.43. The molecule has 0 aliphatic heterocycles. The van der Waals surface area contributed by atoms with E-state index in [4.69, 9.17) is 4.74 Å². The summed E-state index contributed by atoms with van der Waals surface area (Å²) in [4.78, 5) is 29.9. The lowest BCUT2D eigenvalue weighted by molar-refractivity contribution is 0.0953. The summed E-state index contributed by atoms with van der Waals surface area (Å²) in [7, 11) is 1.58. The number of hydrogen-bond acceptors (Lipinski definition) is 6. The van der Waals surface area contributed by atoms with Gasteiger partial charge < -0.3 is 10.1 Å². The molecule has 3 aromatic rings. The molecule has 0 aliphatic carbocycles. The fourth-order valence-corrected chi connectivity index (χ4v) is 3.59. The summed E-state index contributed by atoms with van der Waals surface area (Å²) in [5.74, 6) is -0.186. The number of nitrogens with zero attached hydrogens (tertiary/aromatic N) is 3. The van der Waals surface area contributed by atoms with Crippen molar-refractivity contribution in [3.05, 3.63) is 55.9 Å². The van der Waals surface area contributed by atoms with Gasteiger partial charge in [-0.1, -0.05) is 18.2 Å². The number of amides is 1. The van der Waals surface area contributed by atoms with E-state index in [1.165, 1.54) is 16.0 Å². The minimum atomic E-state index is -0.186. The van der Waals surface area contributed by atoms with Gasteiger partial charge in [-0.2, -0.15) is 5.10 Å². The number of carbonyl (C=O) groups excluding carboxylic acids is 1. The standard InChI is InChI=1S/C18H20N4O3S/c1-11-16(26-12(2)20-11)17(23)19-10-15-13-6-4-5-7-14(13)18(24)22(21-15)8-9-25-3/h4-7H,8-10H2,1-3H3,(H,19,23). The van der Waals surface area contributed by atoms with Crippen molar-refractivity contribution in [2.24, 2.45) is 0 Å². The Kier molecular flexibility index (Phi) is 5.43. The van der Waals surface area contributed by atoms with E-state index in [9.17, 15) is 9.59 Å². The fraction of sp³-hybridized carbons (Fsp3) is 0.333. The molecule has 26 heavy (non-hydrogen) atoms. The molecule has 0 aliphatic rings. The lowest BCUT2D eigenvalue weighted by Crippen LogP contribution is -2.29. The molecule has 0 saturated carbocycles. The Hall–Kier alpha value is -2.58. The molecule has 3 rings (SSSR count). The monoisotopic (exact) mass is 372 g/mol. The van der Waals surface area contributed by atoms with Gasteiger partial charge in [0.1, 0.15) is 4.88 Å². The van der Waals surface area contributed by atoms with Gasteiger partial charge >= 0.3 is 0 Å². The van der Waals surface area contributed by atoms with Crippen LogP contribution in [0.3, 0.4) is 0 Å². The molecule has 0 saturated heterocycles. The second kappa shape index (κ2) is 7.76. The van der Waals surface area contributed by atoms with Crippen LogP contribution in [0.5, 0.6) is 0 Å². The molecule has 136 valence electrons. The number of carbonyl (C=O) groups is 1. The van der Waals surface area contributed by atoms with Crippen LogP contribution in [0.15, 0.2) is 29.1 Å². The van der Waals surface area contributed by atoms with Crippen LogP contribution in [0.1, 0.15) is 26.1 Å². The van der Waals surface area contributed by atoms with Crippen molar-refractivity contribution in [1.29, 1.82) is 0 Å². The molecule has 2 aromatic heterocycles. The number of methoxy groups -OCH3 is 1. The highest BCUT2D eigenvalue weighted by molar-refractivity contribution is 7.13. The first-order valence-corrected chi connectivity index (χ1v) is 9.03. The maximum atomic E-state index is 12.5. The van der Waals surface area contributed by atoms with E-state index < -0.39 is 0 Å². The molecule has 0 radical (unpaired) electrons. The molecular formula is C18H20N4O3S. The van der Waals surface area contributed by atoms with Gasteiger partial charge in [-0.05, 0) is 19.9 Å². The zero-order valence-electron chi connectivity index (χ0n) is 14.9. The van der Waals surface area contributed by atoms with Gasteiger partial charge in [0.2, 0.25) is 0 Å². The average Bonchev–Trinajstić information content (AvgIpc) is 2.98. The topological polar surface area (TPSA) is 86.1 Å². The molecule has 7 nitrogen and oxygen atoms in total. The van der Waals surface area contributed by atoms with Crippen molar-refractivity contribution in [2.75, 3.05) is 13.7 Å². The van der Waals surface area contributed by atoms with Crippen LogP contribution in [-0.4, -0.2) is 34.4 Å². The zero-order chi connectivity index (χ0) is 18.7. The Morgan fingerprint density at radius 3 is 2.65 bits per heavy atom. The average molecular weight is 372 g/mol. The minimum Gasteiger partial charge on any atom is -0.383 e. The Morgan fingerprint density at radius 1 is 1.27 bits per heavy atom. The molecule has 0 fully saturated rings. The van der Waals surface area contributed by atoms with Crippen LogP contribution < -0.4 is 10.9 Å². The van der Waals surface area contributed by atoms with Crippen molar-refractivity contribution in [3.63, 3.8) is 0 Å². The molecule has 0 atom stereocenters. The van der Waals surface area contributed by atoms with Gasteiger partial charge in [0.25, 0.3) is 11.5 Å². The Labute approximate surface area is 154 Å². The number of fused-ring (bicyclic) bond motifs is 1. The number of aromatic nitrogens is 3. The highest BCUT2D eigenvalue weighted by Gasteiger charge is 2.15. The van der Waals surface area contributed by atoms with E-state index in [2.05, 4.69) is 15.4 Å². The zero-order valence-corrected chi connectivity index (χ0v) is 15.7. The van der Waals surface area contributed by atoms with E-state index in [-0.39, 0.29) is 18.0 Å². The maximum Gasteiger partial charge on any atom is 0.274 e. The molecule has 1 N–H and O–H groups in total. The van der Waals surface area contributed by atoms with E-state index in [0.29, 0.717) is 34.8 Å². The van der Waals surface area contributed by atoms with E-state index in [1.54, 1.807) is 13.2 Å². The maximum absolute atomic E-state index is 12.5. The first-order valence-electron chi connectivity index (χ1n) is 8.21. The van der Waals surface area contributed by atoms with Gasteiger partial charge in [0, 0.05) is 12.5 Å². The molecule has 8 heteroatoms. The largest absolute Gasteiger partial charge is 0.383 e. The Balaban J connectivity index is 1.91. The number of nitrogens with one attached hydrogen (secondary N) is 1. The van der Waals surface area contributed by atoms with E-state index in [0.717, 1.165) is 10.4 Å². The number of hydrogen-bond donors (Lipinski definition) is 1. The lowest BCUT2D eigenvalue weighted by atomic mass is 10.1.